The fourth-order valence-corrected chi connectivity index (χ4v) is 3.67. The quantitative estimate of drug-likeness (QED) is 0.838. The van der Waals surface area contributed by atoms with Gasteiger partial charge in [0.05, 0.1) is 6.04 Å². The minimum absolute atomic E-state index is 0.375. The van der Waals surface area contributed by atoms with Crippen LogP contribution in [-0.2, 0) is 0 Å². The van der Waals surface area contributed by atoms with Crippen LogP contribution in [0.2, 0.25) is 0 Å². The van der Waals surface area contributed by atoms with Gasteiger partial charge in [0.15, 0.2) is 0 Å². The molecule has 2 rings (SSSR count). The van der Waals surface area contributed by atoms with Crippen molar-refractivity contribution in [2.24, 2.45) is 0 Å². The molecule has 2 aromatic rings. The van der Waals surface area contributed by atoms with E-state index in [0.717, 1.165) is 6.54 Å². The first-order chi connectivity index (χ1) is 8.22. The van der Waals surface area contributed by atoms with Crippen LogP contribution in [0.25, 0.3) is 0 Å². The molecule has 0 bridgehead atoms. The Bertz CT molecular complexity index is 470. The van der Waals surface area contributed by atoms with Gasteiger partial charge in [0, 0.05) is 14.6 Å². The fraction of sp³-hybridized carbons (Fsp3) is 0.429. The van der Waals surface area contributed by atoms with Crippen molar-refractivity contribution in [1.82, 2.24) is 5.32 Å². The van der Waals surface area contributed by atoms with Gasteiger partial charge in [0.1, 0.15) is 0 Å². The lowest BCUT2D eigenvalue weighted by molar-refractivity contribution is 0.605. The molecule has 17 heavy (non-hydrogen) atoms. The standard InChI is InChI=1S/C14H19NS2/c1-4-8-15-14(12-7-9-16-11(12)3)13-6-5-10(2)17-13/h5-7,9,14-15H,4,8H2,1-3H3. The first-order valence-corrected chi connectivity index (χ1v) is 7.75. The molecule has 0 aromatic carbocycles. The van der Waals surface area contributed by atoms with E-state index >= 15 is 0 Å². The molecule has 1 nitrogen and oxygen atoms in total. The SMILES string of the molecule is CCCNC(c1ccc(C)s1)c1ccsc1C. The van der Waals surface area contributed by atoms with Crippen LogP contribution >= 0.6 is 22.7 Å². The van der Waals surface area contributed by atoms with E-state index in [1.165, 1.54) is 26.6 Å². The third-order valence-corrected chi connectivity index (χ3v) is 4.78. The molecule has 0 aliphatic carbocycles. The third-order valence-electron chi connectivity index (χ3n) is 2.85. The molecular weight excluding hydrogens is 246 g/mol. The molecule has 0 amide bonds. The van der Waals surface area contributed by atoms with Crippen molar-refractivity contribution in [2.45, 2.75) is 33.2 Å². The van der Waals surface area contributed by atoms with Crippen LogP contribution in [0.3, 0.4) is 0 Å². The van der Waals surface area contributed by atoms with Crippen molar-refractivity contribution in [3.63, 3.8) is 0 Å². The van der Waals surface area contributed by atoms with Crippen LogP contribution in [0.15, 0.2) is 23.6 Å². The van der Waals surface area contributed by atoms with E-state index in [-0.39, 0.29) is 0 Å². The van der Waals surface area contributed by atoms with Gasteiger partial charge in [0.2, 0.25) is 0 Å². The Balaban J connectivity index is 2.28. The van der Waals surface area contributed by atoms with E-state index in [2.05, 4.69) is 49.7 Å². The highest BCUT2D eigenvalue weighted by Crippen LogP contribution is 2.32. The molecule has 0 radical (unpaired) electrons. The van der Waals surface area contributed by atoms with Crippen LogP contribution in [-0.4, -0.2) is 6.54 Å². The van der Waals surface area contributed by atoms with Gasteiger partial charge >= 0.3 is 0 Å². The van der Waals surface area contributed by atoms with Crippen LogP contribution < -0.4 is 5.32 Å². The summed E-state index contributed by atoms with van der Waals surface area (Å²) in [6.45, 7) is 7.66. The van der Waals surface area contributed by atoms with E-state index in [9.17, 15) is 0 Å². The van der Waals surface area contributed by atoms with Crippen LogP contribution in [0.4, 0.5) is 0 Å². The summed E-state index contributed by atoms with van der Waals surface area (Å²) in [6.07, 6.45) is 1.17. The summed E-state index contributed by atoms with van der Waals surface area (Å²) in [5.41, 5.74) is 1.44. The Hall–Kier alpha value is -0.640. The van der Waals surface area contributed by atoms with Gasteiger partial charge in [-0.05, 0) is 56.0 Å². The number of hydrogen-bond donors (Lipinski definition) is 1. The first-order valence-electron chi connectivity index (χ1n) is 6.06. The molecule has 0 aliphatic rings. The molecule has 0 fully saturated rings. The molecule has 1 N–H and O–H groups in total. The molecular formula is C14H19NS2. The summed E-state index contributed by atoms with van der Waals surface area (Å²) in [6, 6.07) is 7.09. The van der Waals surface area contributed by atoms with E-state index < -0.39 is 0 Å². The predicted octanol–water partition coefficient (Wildman–Crippen LogP) is 4.52. The van der Waals surface area contributed by atoms with Crippen molar-refractivity contribution in [2.75, 3.05) is 6.54 Å². The predicted molar refractivity (Wildman–Crippen MR) is 78.2 cm³/mol. The smallest absolute Gasteiger partial charge is 0.0681 e. The summed E-state index contributed by atoms with van der Waals surface area (Å²) in [7, 11) is 0. The topological polar surface area (TPSA) is 12.0 Å². The Kier molecular flexibility index (Phi) is 4.37. The van der Waals surface area contributed by atoms with Gasteiger partial charge < -0.3 is 5.32 Å². The average Bonchev–Trinajstić information content (AvgIpc) is 2.90. The number of nitrogens with one attached hydrogen (secondary N) is 1. The normalized spacial score (nSPS) is 12.9. The van der Waals surface area contributed by atoms with Crippen LogP contribution in [0.5, 0.6) is 0 Å². The molecule has 0 saturated heterocycles. The highest BCUT2D eigenvalue weighted by Gasteiger charge is 2.17. The van der Waals surface area contributed by atoms with Crippen molar-refractivity contribution < 1.29 is 0 Å². The van der Waals surface area contributed by atoms with Crippen LogP contribution in [0, 0.1) is 13.8 Å². The average molecular weight is 265 g/mol. The van der Waals surface area contributed by atoms with Gasteiger partial charge in [-0.15, -0.1) is 22.7 Å². The zero-order valence-electron chi connectivity index (χ0n) is 10.6. The van der Waals surface area contributed by atoms with E-state index in [4.69, 9.17) is 0 Å². The molecule has 2 heterocycles. The van der Waals surface area contributed by atoms with Crippen LogP contribution in [0.1, 0.15) is 39.6 Å². The lowest BCUT2D eigenvalue weighted by Crippen LogP contribution is -2.22. The second-order valence-corrected chi connectivity index (χ2v) is 6.71. The first kappa shape index (κ1) is 12.8. The number of hydrogen-bond acceptors (Lipinski definition) is 3. The summed E-state index contributed by atoms with van der Waals surface area (Å²) in [5.74, 6) is 0. The van der Waals surface area contributed by atoms with E-state index in [1.807, 2.05) is 22.7 Å². The minimum Gasteiger partial charge on any atom is -0.306 e. The summed E-state index contributed by atoms with van der Waals surface area (Å²) in [4.78, 5) is 4.23. The molecule has 3 heteroatoms. The zero-order chi connectivity index (χ0) is 12.3. The number of thiophene rings is 2. The lowest BCUT2D eigenvalue weighted by atomic mass is 10.1. The molecule has 0 saturated carbocycles. The highest BCUT2D eigenvalue weighted by molar-refractivity contribution is 7.12. The van der Waals surface area contributed by atoms with Gasteiger partial charge in [-0.25, -0.2) is 0 Å². The third kappa shape index (κ3) is 2.97. The van der Waals surface area contributed by atoms with Gasteiger partial charge in [-0.2, -0.15) is 0 Å². The maximum atomic E-state index is 3.66. The van der Waals surface area contributed by atoms with Crippen molar-refractivity contribution in [1.29, 1.82) is 0 Å². The maximum Gasteiger partial charge on any atom is 0.0681 e. The van der Waals surface area contributed by atoms with E-state index in [1.54, 1.807) is 0 Å². The maximum absolute atomic E-state index is 3.66. The summed E-state index contributed by atoms with van der Waals surface area (Å²) in [5, 5.41) is 5.85. The molecule has 1 atom stereocenters. The Labute approximate surface area is 112 Å². The van der Waals surface area contributed by atoms with Gasteiger partial charge in [0.25, 0.3) is 0 Å². The second kappa shape index (κ2) is 5.80. The molecule has 2 aromatic heterocycles. The minimum atomic E-state index is 0.375. The monoisotopic (exact) mass is 265 g/mol. The Morgan fingerprint density at radius 1 is 1.24 bits per heavy atom. The van der Waals surface area contributed by atoms with Crippen molar-refractivity contribution >= 4 is 22.7 Å². The largest absolute Gasteiger partial charge is 0.306 e. The Morgan fingerprint density at radius 2 is 2.06 bits per heavy atom. The summed E-state index contributed by atoms with van der Waals surface area (Å²) < 4.78 is 0. The highest BCUT2D eigenvalue weighted by atomic mass is 32.1. The molecule has 1 unspecified atom stereocenters. The lowest BCUT2D eigenvalue weighted by Gasteiger charge is -2.17. The van der Waals surface area contributed by atoms with Crippen molar-refractivity contribution in [3.05, 3.63) is 43.8 Å². The molecule has 0 aliphatic heterocycles. The number of rotatable bonds is 5. The van der Waals surface area contributed by atoms with Gasteiger partial charge in [-0.3, -0.25) is 0 Å². The van der Waals surface area contributed by atoms with E-state index in [0.29, 0.717) is 6.04 Å². The summed E-state index contributed by atoms with van der Waals surface area (Å²) >= 11 is 3.73. The van der Waals surface area contributed by atoms with Gasteiger partial charge in [-0.1, -0.05) is 6.92 Å². The second-order valence-electron chi connectivity index (χ2n) is 4.27. The number of aryl methyl sites for hydroxylation is 2. The fourth-order valence-electron chi connectivity index (χ4n) is 1.96. The molecule has 92 valence electrons. The molecule has 0 spiro atoms. The zero-order valence-corrected chi connectivity index (χ0v) is 12.3. The Morgan fingerprint density at radius 3 is 2.59 bits per heavy atom. The van der Waals surface area contributed by atoms with Crippen molar-refractivity contribution in [3.8, 4) is 0 Å².